The molecule has 0 unspecified atom stereocenters. The standard InChI is InChI=1S/C13H17N3O2/c1-13(2,18)12(17)16(4)9-5-6-11-10(7-9)14-8-15(11)3/h5-8,18H,1-4H3. The molecular weight excluding hydrogens is 230 g/mol. The molecular formula is C13H17N3O2. The third-order valence-corrected chi connectivity index (χ3v) is 2.92. The molecule has 0 fully saturated rings. The zero-order valence-corrected chi connectivity index (χ0v) is 11.0. The molecule has 2 rings (SSSR count). The number of carbonyl (C=O) groups is 1. The van der Waals surface area contributed by atoms with Gasteiger partial charge in [0.2, 0.25) is 0 Å². The number of aliphatic hydroxyl groups is 1. The zero-order chi connectivity index (χ0) is 13.5. The monoisotopic (exact) mass is 247 g/mol. The fraction of sp³-hybridized carbons (Fsp3) is 0.385. The lowest BCUT2D eigenvalue weighted by molar-refractivity contribution is -0.133. The van der Waals surface area contributed by atoms with Gasteiger partial charge in [0.05, 0.1) is 17.4 Å². The summed E-state index contributed by atoms with van der Waals surface area (Å²) >= 11 is 0. The van der Waals surface area contributed by atoms with Gasteiger partial charge in [0.1, 0.15) is 5.60 Å². The van der Waals surface area contributed by atoms with Crippen LogP contribution >= 0.6 is 0 Å². The molecule has 0 atom stereocenters. The highest BCUT2D eigenvalue weighted by Gasteiger charge is 2.28. The molecule has 1 heterocycles. The average Bonchev–Trinajstić information content (AvgIpc) is 2.67. The lowest BCUT2D eigenvalue weighted by Gasteiger charge is -2.25. The summed E-state index contributed by atoms with van der Waals surface area (Å²) in [5.74, 6) is -0.349. The van der Waals surface area contributed by atoms with Gasteiger partial charge in [-0.05, 0) is 32.0 Å². The van der Waals surface area contributed by atoms with E-state index in [0.717, 1.165) is 11.0 Å². The van der Waals surface area contributed by atoms with Gasteiger partial charge >= 0.3 is 0 Å². The van der Waals surface area contributed by atoms with Crippen molar-refractivity contribution in [3.8, 4) is 0 Å². The normalized spacial score (nSPS) is 11.8. The lowest BCUT2D eigenvalue weighted by atomic mass is 10.1. The number of carbonyl (C=O) groups excluding carboxylic acids is 1. The number of anilines is 1. The maximum Gasteiger partial charge on any atom is 0.258 e. The van der Waals surface area contributed by atoms with E-state index in [2.05, 4.69) is 4.98 Å². The molecule has 96 valence electrons. The van der Waals surface area contributed by atoms with Gasteiger partial charge in [0.25, 0.3) is 5.91 Å². The number of amides is 1. The van der Waals surface area contributed by atoms with Gasteiger partial charge in [-0.15, -0.1) is 0 Å². The average molecular weight is 247 g/mol. The summed E-state index contributed by atoms with van der Waals surface area (Å²) in [5.41, 5.74) is 1.16. The maximum atomic E-state index is 12.0. The minimum absolute atomic E-state index is 0.349. The highest BCUT2D eigenvalue weighted by atomic mass is 16.3. The van der Waals surface area contributed by atoms with Crippen LogP contribution < -0.4 is 4.90 Å². The Morgan fingerprint density at radius 1 is 1.44 bits per heavy atom. The van der Waals surface area contributed by atoms with Crippen LogP contribution in [0.4, 0.5) is 5.69 Å². The van der Waals surface area contributed by atoms with Crippen molar-refractivity contribution >= 4 is 22.6 Å². The van der Waals surface area contributed by atoms with E-state index < -0.39 is 5.60 Å². The van der Waals surface area contributed by atoms with E-state index >= 15 is 0 Å². The SMILES string of the molecule is CN(C(=O)C(C)(C)O)c1ccc2c(c1)ncn2C. The Morgan fingerprint density at radius 2 is 2.11 bits per heavy atom. The summed E-state index contributed by atoms with van der Waals surface area (Å²) in [6.07, 6.45) is 1.73. The van der Waals surface area contributed by atoms with Gasteiger partial charge in [-0.25, -0.2) is 4.98 Å². The van der Waals surface area contributed by atoms with Crippen LogP contribution in [0.1, 0.15) is 13.8 Å². The van der Waals surface area contributed by atoms with E-state index in [0.29, 0.717) is 5.69 Å². The van der Waals surface area contributed by atoms with Gasteiger partial charge in [-0.2, -0.15) is 0 Å². The summed E-state index contributed by atoms with van der Waals surface area (Å²) in [6.45, 7) is 2.95. The van der Waals surface area contributed by atoms with Crippen LogP contribution in [0.5, 0.6) is 0 Å². The summed E-state index contributed by atoms with van der Waals surface area (Å²) < 4.78 is 1.91. The Hall–Kier alpha value is -1.88. The molecule has 1 aromatic carbocycles. The van der Waals surface area contributed by atoms with Crippen molar-refractivity contribution in [1.29, 1.82) is 0 Å². The van der Waals surface area contributed by atoms with Gasteiger partial charge in [0.15, 0.2) is 0 Å². The second-order valence-corrected chi connectivity index (χ2v) is 4.95. The lowest BCUT2D eigenvalue weighted by Crippen LogP contribution is -2.43. The number of fused-ring (bicyclic) bond motifs is 1. The topological polar surface area (TPSA) is 58.4 Å². The van der Waals surface area contributed by atoms with Crippen LogP contribution in [-0.2, 0) is 11.8 Å². The number of hydrogen-bond acceptors (Lipinski definition) is 3. The smallest absolute Gasteiger partial charge is 0.258 e. The van der Waals surface area contributed by atoms with Crippen molar-refractivity contribution in [1.82, 2.24) is 9.55 Å². The molecule has 0 aliphatic rings. The Balaban J connectivity index is 2.39. The van der Waals surface area contributed by atoms with E-state index in [4.69, 9.17) is 0 Å². The molecule has 0 saturated heterocycles. The minimum atomic E-state index is -1.38. The van der Waals surface area contributed by atoms with E-state index in [1.165, 1.54) is 18.7 Å². The first-order chi connectivity index (χ1) is 8.30. The van der Waals surface area contributed by atoms with Crippen LogP contribution in [0.3, 0.4) is 0 Å². The van der Waals surface area contributed by atoms with E-state index in [-0.39, 0.29) is 5.91 Å². The van der Waals surface area contributed by atoms with Crippen LogP contribution in [0.15, 0.2) is 24.5 Å². The molecule has 0 spiro atoms. The van der Waals surface area contributed by atoms with E-state index in [1.807, 2.05) is 29.8 Å². The number of nitrogens with zero attached hydrogens (tertiary/aromatic N) is 3. The Morgan fingerprint density at radius 3 is 2.72 bits per heavy atom. The number of benzene rings is 1. The van der Waals surface area contributed by atoms with E-state index in [1.54, 1.807) is 13.4 Å². The summed E-state index contributed by atoms with van der Waals surface area (Å²) in [6, 6.07) is 5.58. The highest BCUT2D eigenvalue weighted by Crippen LogP contribution is 2.22. The number of hydrogen-bond donors (Lipinski definition) is 1. The molecule has 0 bridgehead atoms. The van der Waals surface area contributed by atoms with Gasteiger partial charge in [-0.3, -0.25) is 4.79 Å². The fourth-order valence-electron chi connectivity index (χ4n) is 1.86. The summed E-state index contributed by atoms with van der Waals surface area (Å²) in [5, 5.41) is 9.72. The molecule has 1 aromatic heterocycles. The quantitative estimate of drug-likeness (QED) is 0.870. The molecule has 2 aromatic rings. The minimum Gasteiger partial charge on any atom is -0.381 e. The second-order valence-electron chi connectivity index (χ2n) is 4.95. The zero-order valence-electron chi connectivity index (χ0n) is 11.0. The Kier molecular flexibility index (Phi) is 2.86. The fourth-order valence-corrected chi connectivity index (χ4v) is 1.86. The van der Waals surface area contributed by atoms with Gasteiger partial charge < -0.3 is 14.6 Å². The maximum absolute atomic E-state index is 12.0. The third-order valence-electron chi connectivity index (χ3n) is 2.92. The molecule has 0 radical (unpaired) electrons. The van der Waals surface area contributed by atoms with Crippen LogP contribution in [-0.4, -0.2) is 33.2 Å². The number of likely N-dealkylation sites (N-methyl/N-ethyl adjacent to an activating group) is 1. The molecule has 5 heteroatoms. The molecule has 1 N–H and O–H groups in total. The summed E-state index contributed by atoms with van der Waals surface area (Å²) in [7, 11) is 3.56. The predicted molar refractivity (Wildman–Crippen MR) is 70.4 cm³/mol. The van der Waals surface area contributed by atoms with Crippen molar-refractivity contribution in [2.24, 2.45) is 7.05 Å². The Bertz CT molecular complexity index is 596. The first-order valence-electron chi connectivity index (χ1n) is 5.72. The van der Waals surface area contributed by atoms with Gasteiger partial charge in [0, 0.05) is 19.8 Å². The highest BCUT2D eigenvalue weighted by molar-refractivity contribution is 5.99. The first-order valence-corrected chi connectivity index (χ1v) is 5.72. The third kappa shape index (κ3) is 2.09. The molecule has 5 nitrogen and oxygen atoms in total. The summed E-state index contributed by atoms with van der Waals surface area (Å²) in [4.78, 5) is 17.6. The van der Waals surface area contributed by atoms with Crippen LogP contribution in [0.25, 0.3) is 11.0 Å². The van der Waals surface area contributed by atoms with E-state index in [9.17, 15) is 9.90 Å². The molecule has 0 aliphatic heterocycles. The molecule has 18 heavy (non-hydrogen) atoms. The van der Waals surface area contributed by atoms with Crippen molar-refractivity contribution in [3.63, 3.8) is 0 Å². The number of imidazole rings is 1. The molecule has 1 amide bonds. The first kappa shape index (κ1) is 12.6. The van der Waals surface area contributed by atoms with Crippen LogP contribution in [0, 0.1) is 0 Å². The van der Waals surface area contributed by atoms with Crippen molar-refractivity contribution in [2.75, 3.05) is 11.9 Å². The van der Waals surface area contributed by atoms with Crippen molar-refractivity contribution in [3.05, 3.63) is 24.5 Å². The number of aromatic nitrogens is 2. The Labute approximate surface area is 106 Å². The second kappa shape index (κ2) is 4.10. The van der Waals surface area contributed by atoms with Crippen molar-refractivity contribution < 1.29 is 9.90 Å². The van der Waals surface area contributed by atoms with Crippen molar-refractivity contribution in [2.45, 2.75) is 19.4 Å². The largest absolute Gasteiger partial charge is 0.381 e. The number of aryl methyl sites for hydroxylation is 1. The van der Waals surface area contributed by atoms with Crippen LogP contribution in [0.2, 0.25) is 0 Å². The molecule has 0 aliphatic carbocycles. The van der Waals surface area contributed by atoms with Gasteiger partial charge in [-0.1, -0.05) is 0 Å². The number of rotatable bonds is 2. The predicted octanol–water partition coefficient (Wildman–Crippen LogP) is 1.31. The molecule has 0 saturated carbocycles.